The van der Waals surface area contributed by atoms with Gasteiger partial charge in [-0.05, 0) is 37.4 Å². The van der Waals surface area contributed by atoms with Crippen molar-refractivity contribution in [3.8, 4) is 11.5 Å². The minimum absolute atomic E-state index is 0.0951. The van der Waals surface area contributed by atoms with E-state index in [9.17, 15) is 9.59 Å². The fourth-order valence-corrected chi connectivity index (χ4v) is 2.22. The summed E-state index contributed by atoms with van der Waals surface area (Å²) in [6.07, 6.45) is 0.375. The molecule has 0 aliphatic carbocycles. The predicted molar refractivity (Wildman–Crippen MR) is 101 cm³/mol. The molecule has 0 spiro atoms. The van der Waals surface area contributed by atoms with Crippen molar-refractivity contribution >= 4 is 23.2 Å². The summed E-state index contributed by atoms with van der Waals surface area (Å²) >= 11 is 0. The van der Waals surface area contributed by atoms with Crippen LogP contribution in [0.2, 0.25) is 0 Å². The van der Waals surface area contributed by atoms with Crippen molar-refractivity contribution in [1.29, 1.82) is 0 Å². The molecular formula is C19H23N3O4. The number of carbonyl (C=O) groups is 2. The predicted octanol–water partition coefficient (Wildman–Crippen LogP) is 2.26. The Balaban J connectivity index is 1.88. The number of methoxy groups -OCH3 is 1. The van der Waals surface area contributed by atoms with Gasteiger partial charge in [-0.3, -0.25) is 9.59 Å². The second kappa shape index (κ2) is 10.0. The molecule has 2 aromatic carbocycles. The molecule has 2 aromatic rings. The van der Waals surface area contributed by atoms with E-state index in [1.807, 2.05) is 6.07 Å². The monoisotopic (exact) mass is 357 g/mol. The summed E-state index contributed by atoms with van der Waals surface area (Å²) < 4.78 is 10.7. The molecule has 7 nitrogen and oxygen atoms in total. The summed E-state index contributed by atoms with van der Waals surface area (Å²) in [5.41, 5.74) is 1.19. The first-order valence-electron chi connectivity index (χ1n) is 8.22. The Morgan fingerprint density at radius 3 is 2.23 bits per heavy atom. The Hall–Kier alpha value is -3.06. The van der Waals surface area contributed by atoms with Gasteiger partial charge in [0.1, 0.15) is 0 Å². The summed E-state index contributed by atoms with van der Waals surface area (Å²) in [7, 11) is 3.33. The quantitative estimate of drug-likeness (QED) is 0.641. The maximum absolute atomic E-state index is 12.1. The molecule has 3 N–H and O–H groups in total. The van der Waals surface area contributed by atoms with Crippen molar-refractivity contribution in [3.05, 3.63) is 48.5 Å². The van der Waals surface area contributed by atoms with Crippen LogP contribution in [0.1, 0.15) is 6.42 Å². The van der Waals surface area contributed by atoms with Crippen LogP contribution in [0.3, 0.4) is 0 Å². The van der Waals surface area contributed by atoms with Crippen LogP contribution in [0, 0.1) is 0 Å². The van der Waals surface area contributed by atoms with Gasteiger partial charge in [-0.25, -0.2) is 0 Å². The summed E-state index contributed by atoms with van der Waals surface area (Å²) in [6.45, 7) is 0.446. The topological polar surface area (TPSA) is 88.7 Å². The van der Waals surface area contributed by atoms with Gasteiger partial charge in [0.25, 0.3) is 5.91 Å². The normalized spacial score (nSPS) is 10.1. The van der Waals surface area contributed by atoms with Crippen molar-refractivity contribution < 1.29 is 19.1 Å². The molecule has 0 aromatic heterocycles. The van der Waals surface area contributed by atoms with Crippen molar-refractivity contribution in [2.45, 2.75) is 6.42 Å². The average Bonchev–Trinajstić information content (AvgIpc) is 2.65. The largest absolute Gasteiger partial charge is 0.493 e. The van der Waals surface area contributed by atoms with Gasteiger partial charge in [-0.2, -0.15) is 0 Å². The van der Waals surface area contributed by atoms with E-state index in [1.54, 1.807) is 56.6 Å². The van der Waals surface area contributed by atoms with Gasteiger partial charge in [0.15, 0.2) is 18.1 Å². The number of rotatable bonds is 9. The molecule has 0 radical (unpaired) electrons. The molecule has 0 bridgehead atoms. The summed E-state index contributed by atoms with van der Waals surface area (Å²) in [6, 6.07) is 14.1. The van der Waals surface area contributed by atoms with Crippen molar-refractivity contribution in [2.24, 2.45) is 0 Å². The Labute approximate surface area is 152 Å². The number of para-hydroxylation sites is 2. The van der Waals surface area contributed by atoms with Crippen molar-refractivity contribution in [1.82, 2.24) is 5.32 Å². The van der Waals surface area contributed by atoms with Gasteiger partial charge in [-0.1, -0.05) is 18.2 Å². The lowest BCUT2D eigenvalue weighted by Gasteiger charge is -2.11. The lowest BCUT2D eigenvalue weighted by molar-refractivity contribution is -0.118. The molecule has 26 heavy (non-hydrogen) atoms. The third-order valence-electron chi connectivity index (χ3n) is 3.46. The van der Waals surface area contributed by atoms with Crippen molar-refractivity contribution in [2.75, 3.05) is 37.9 Å². The highest BCUT2D eigenvalue weighted by atomic mass is 16.5. The van der Waals surface area contributed by atoms with E-state index in [0.717, 1.165) is 0 Å². The van der Waals surface area contributed by atoms with Crippen molar-refractivity contribution in [3.63, 3.8) is 0 Å². The van der Waals surface area contributed by atoms with Crippen LogP contribution < -0.4 is 25.4 Å². The molecule has 0 heterocycles. The Morgan fingerprint density at radius 2 is 1.58 bits per heavy atom. The summed E-state index contributed by atoms with van der Waals surface area (Å²) in [5.74, 6) is 0.652. The SMILES string of the molecule is CNCCC(=O)Nc1cccc(NC(=O)COc2ccccc2OC)c1. The molecule has 138 valence electrons. The standard InChI is InChI=1S/C19H23N3O4/c1-20-11-10-18(23)21-14-6-5-7-15(12-14)22-19(24)13-26-17-9-4-3-8-16(17)25-2/h3-9,12,20H,10-11,13H2,1-2H3,(H,21,23)(H,22,24). The Bertz CT molecular complexity index is 749. The number of carbonyl (C=O) groups excluding carboxylic acids is 2. The van der Waals surface area contributed by atoms with E-state index in [1.165, 1.54) is 0 Å². The number of anilines is 2. The van der Waals surface area contributed by atoms with Gasteiger partial charge < -0.3 is 25.4 Å². The number of benzene rings is 2. The number of amides is 2. The Kier molecular flexibility index (Phi) is 7.45. The number of ether oxygens (including phenoxy) is 2. The third kappa shape index (κ3) is 6.10. The average molecular weight is 357 g/mol. The molecule has 0 saturated carbocycles. The van der Waals surface area contributed by atoms with Crippen LogP contribution >= 0.6 is 0 Å². The van der Waals surface area contributed by atoms with Gasteiger partial charge in [0.2, 0.25) is 5.91 Å². The fraction of sp³-hybridized carbons (Fsp3) is 0.263. The second-order valence-electron chi connectivity index (χ2n) is 5.47. The van der Waals surface area contributed by atoms with Crippen LogP contribution in [0.25, 0.3) is 0 Å². The highest BCUT2D eigenvalue weighted by Crippen LogP contribution is 2.25. The maximum atomic E-state index is 12.1. The van der Waals surface area contributed by atoms with E-state index < -0.39 is 0 Å². The van der Waals surface area contributed by atoms with E-state index in [0.29, 0.717) is 35.8 Å². The van der Waals surface area contributed by atoms with E-state index in [4.69, 9.17) is 9.47 Å². The van der Waals surface area contributed by atoms with Gasteiger partial charge in [-0.15, -0.1) is 0 Å². The number of hydrogen-bond donors (Lipinski definition) is 3. The second-order valence-corrected chi connectivity index (χ2v) is 5.47. The van der Waals surface area contributed by atoms with Gasteiger partial charge >= 0.3 is 0 Å². The minimum Gasteiger partial charge on any atom is -0.493 e. The number of nitrogens with one attached hydrogen (secondary N) is 3. The van der Waals surface area contributed by atoms with Crippen LogP contribution in [0.4, 0.5) is 11.4 Å². The molecule has 0 fully saturated rings. The zero-order valence-corrected chi connectivity index (χ0v) is 14.9. The zero-order valence-electron chi connectivity index (χ0n) is 14.9. The summed E-state index contributed by atoms with van der Waals surface area (Å²) in [4.78, 5) is 23.8. The van der Waals surface area contributed by atoms with Crippen LogP contribution in [0.5, 0.6) is 11.5 Å². The molecule has 7 heteroatoms. The molecule has 2 rings (SSSR count). The molecule has 2 amide bonds. The first-order valence-corrected chi connectivity index (χ1v) is 8.22. The lowest BCUT2D eigenvalue weighted by Crippen LogP contribution is -2.21. The zero-order chi connectivity index (χ0) is 18.8. The lowest BCUT2D eigenvalue weighted by atomic mass is 10.2. The third-order valence-corrected chi connectivity index (χ3v) is 3.46. The maximum Gasteiger partial charge on any atom is 0.262 e. The molecule has 0 aliphatic heterocycles. The Morgan fingerprint density at radius 1 is 0.923 bits per heavy atom. The van der Waals surface area contributed by atoms with E-state index in [2.05, 4.69) is 16.0 Å². The van der Waals surface area contributed by atoms with E-state index in [-0.39, 0.29) is 18.4 Å². The number of hydrogen-bond acceptors (Lipinski definition) is 5. The van der Waals surface area contributed by atoms with Gasteiger partial charge in [0.05, 0.1) is 7.11 Å². The molecular weight excluding hydrogens is 334 g/mol. The van der Waals surface area contributed by atoms with Crippen LogP contribution in [0.15, 0.2) is 48.5 Å². The molecule has 0 aliphatic rings. The molecule has 0 unspecified atom stereocenters. The fourth-order valence-electron chi connectivity index (χ4n) is 2.22. The van der Waals surface area contributed by atoms with Crippen LogP contribution in [-0.2, 0) is 9.59 Å². The first-order chi connectivity index (χ1) is 12.6. The summed E-state index contributed by atoms with van der Waals surface area (Å²) in [5, 5.41) is 8.44. The first kappa shape index (κ1) is 19.3. The molecule has 0 atom stereocenters. The highest BCUT2D eigenvalue weighted by Gasteiger charge is 2.08. The smallest absolute Gasteiger partial charge is 0.262 e. The van der Waals surface area contributed by atoms with Crippen LogP contribution in [-0.4, -0.2) is 39.1 Å². The minimum atomic E-state index is -0.311. The highest BCUT2D eigenvalue weighted by molar-refractivity contribution is 5.94. The van der Waals surface area contributed by atoms with E-state index >= 15 is 0 Å². The molecule has 0 saturated heterocycles. The van der Waals surface area contributed by atoms with Gasteiger partial charge in [0, 0.05) is 24.3 Å².